The van der Waals surface area contributed by atoms with Gasteiger partial charge in [0.25, 0.3) is 0 Å². The molecule has 2 N–H and O–H groups in total. The standard InChI is InChI=1S/C21H33N4O5S/c1-18-17-19(3-4-20(18)22-23-21-24(2)7-16-31-21)25(5-10-28-12-8-26)6-11-29-14-15-30-13-9-27/h3-4,7,16-17,26-27H,5-6,8-15H2,1-2H3/q+1. The average molecular weight is 454 g/mol. The maximum atomic E-state index is 8.91. The Morgan fingerprint density at radius 1 is 0.935 bits per heavy atom. The zero-order valence-corrected chi connectivity index (χ0v) is 19.1. The van der Waals surface area contributed by atoms with Gasteiger partial charge in [0, 0.05) is 24.2 Å². The highest BCUT2D eigenvalue weighted by Gasteiger charge is 2.11. The summed E-state index contributed by atoms with van der Waals surface area (Å²) in [4.78, 5) is 2.18. The Bertz CT molecular complexity index is 787. The van der Waals surface area contributed by atoms with Crippen molar-refractivity contribution in [2.75, 3.05) is 70.8 Å². The fourth-order valence-electron chi connectivity index (χ4n) is 2.74. The molecule has 0 bridgehead atoms. The summed E-state index contributed by atoms with van der Waals surface area (Å²) in [6, 6.07) is 6.07. The molecule has 0 aliphatic carbocycles. The van der Waals surface area contributed by atoms with Gasteiger partial charge in [-0.25, -0.2) is 4.57 Å². The molecule has 0 unspecified atom stereocenters. The predicted molar refractivity (Wildman–Crippen MR) is 120 cm³/mol. The van der Waals surface area contributed by atoms with Crippen LogP contribution >= 0.6 is 11.3 Å². The van der Waals surface area contributed by atoms with Crippen molar-refractivity contribution < 1.29 is 29.0 Å². The van der Waals surface area contributed by atoms with Gasteiger partial charge in [0.05, 0.1) is 65.0 Å². The molecule has 0 amide bonds. The Balaban J connectivity index is 1.96. The highest BCUT2D eigenvalue weighted by Crippen LogP contribution is 2.26. The van der Waals surface area contributed by atoms with E-state index in [0.717, 1.165) is 22.1 Å². The fourth-order valence-corrected chi connectivity index (χ4v) is 3.42. The summed E-state index contributed by atoms with van der Waals surface area (Å²) < 4.78 is 18.2. The SMILES string of the molecule is Cc1cc(N(CCOCCO)CCOCCOCCO)ccc1/N=N/c1scc[n+]1C. The van der Waals surface area contributed by atoms with Crippen molar-refractivity contribution in [1.29, 1.82) is 0 Å². The van der Waals surface area contributed by atoms with E-state index in [1.54, 1.807) is 11.3 Å². The van der Waals surface area contributed by atoms with Gasteiger partial charge in [0.1, 0.15) is 11.9 Å². The average Bonchev–Trinajstić information content (AvgIpc) is 3.18. The van der Waals surface area contributed by atoms with E-state index in [2.05, 4.69) is 21.2 Å². The largest absolute Gasteiger partial charge is 0.408 e. The molecule has 1 heterocycles. The third kappa shape index (κ3) is 9.38. The van der Waals surface area contributed by atoms with Crippen LogP contribution in [0.5, 0.6) is 0 Å². The van der Waals surface area contributed by atoms with Crippen molar-refractivity contribution in [3.05, 3.63) is 35.3 Å². The highest BCUT2D eigenvalue weighted by atomic mass is 32.1. The van der Waals surface area contributed by atoms with E-state index in [-0.39, 0.29) is 13.2 Å². The van der Waals surface area contributed by atoms with E-state index < -0.39 is 0 Å². The second kappa shape index (κ2) is 15.0. The minimum Gasteiger partial charge on any atom is -0.394 e. The van der Waals surface area contributed by atoms with Crippen LogP contribution in [0.4, 0.5) is 16.5 Å². The van der Waals surface area contributed by atoms with Crippen molar-refractivity contribution in [2.45, 2.75) is 6.92 Å². The molecule has 9 nitrogen and oxygen atoms in total. The fraction of sp³-hybridized carbons (Fsp3) is 0.571. The minimum absolute atomic E-state index is 0.0117. The van der Waals surface area contributed by atoms with Crippen LogP contribution in [0.3, 0.4) is 0 Å². The van der Waals surface area contributed by atoms with Crippen LogP contribution in [-0.2, 0) is 21.3 Å². The molecule has 0 aliphatic rings. The number of aromatic nitrogens is 1. The number of anilines is 1. The number of nitrogens with zero attached hydrogens (tertiary/aromatic N) is 4. The highest BCUT2D eigenvalue weighted by molar-refractivity contribution is 7.12. The maximum absolute atomic E-state index is 8.91. The van der Waals surface area contributed by atoms with Gasteiger partial charge in [-0.05, 0) is 47.1 Å². The van der Waals surface area contributed by atoms with Crippen LogP contribution in [0.25, 0.3) is 0 Å². The van der Waals surface area contributed by atoms with Crippen LogP contribution in [0.15, 0.2) is 40.0 Å². The molecular weight excluding hydrogens is 420 g/mol. The van der Waals surface area contributed by atoms with Crippen molar-refractivity contribution in [1.82, 2.24) is 0 Å². The van der Waals surface area contributed by atoms with Gasteiger partial charge in [0.2, 0.25) is 0 Å². The van der Waals surface area contributed by atoms with Crippen molar-refractivity contribution in [2.24, 2.45) is 17.3 Å². The van der Waals surface area contributed by atoms with Gasteiger partial charge in [-0.1, -0.05) is 0 Å². The summed E-state index contributed by atoms with van der Waals surface area (Å²) in [5.74, 6) is 0. The van der Waals surface area contributed by atoms with Gasteiger partial charge in [-0.2, -0.15) is 0 Å². The van der Waals surface area contributed by atoms with Crippen LogP contribution in [0.2, 0.25) is 0 Å². The predicted octanol–water partition coefficient (Wildman–Crippen LogP) is 2.14. The van der Waals surface area contributed by atoms with Crippen molar-refractivity contribution >= 4 is 27.8 Å². The van der Waals surface area contributed by atoms with Gasteiger partial charge in [-0.15, -0.1) is 0 Å². The molecule has 2 aromatic rings. The Kier molecular flexibility index (Phi) is 12.2. The number of ether oxygens (including phenoxy) is 3. The molecule has 1 aromatic carbocycles. The summed E-state index contributed by atoms with van der Waals surface area (Å²) in [7, 11) is 1.94. The van der Waals surface area contributed by atoms with E-state index in [1.165, 1.54) is 0 Å². The second-order valence-corrected chi connectivity index (χ2v) is 7.61. The first-order valence-corrected chi connectivity index (χ1v) is 11.2. The molecule has 0 fully saturated rings. The van der Waals surface area contributed by atoms with Gasteiger partial charge >= 0.3 is 5.13 Å². The lowest BCUT2D eigenvalue weighted by Gasteiger charge is -2.25. The van der Waals surface area contributed by atoms with E-state index in [1.807, 2.05) is 42.2 Å². The number of hydrogen-bond acceptors (Lipinski definition) is 9. The summed E-state index contributed by atoms with van der Waals surface area (Å²) >= 11 is 1.54. The lowest BCUT2D eigenvalue weighted by atomic mass is 10.1. The first kappa shape index (κ1) is 25.3. The third-order valence-corrected chi connectivity index (χ3v) is 5.24. The molecule has 2 rings (SSSR count). The molecule has 31 heavy (non-hydrogen) atoms. The summed E-state index contributed by atoms with van der Waals surface area (Å²) in [5, 5.41) is 29.2. The Morgan fingerprint density at radius 2 is 1.58 bits per heavy atom. The summed E-state index contributed by atoms with van der Waals surface area (Å²) in [5.41, 5.74) is 2.90. The zero-order chi connectivity index (χ0) is 22.3. The maximum Gasteiger partial charge on any atom is 0.408 e. The van der Waals surface area contributed by atoms with Crippen molar-refractivity contribution in [3.8, 4) is 0 Å². The number of hydrogen-bond donors (Lipinski definition) is 2. The smallest absolute Gasteiger partial charge is 0.394 e. The van der Waals surface area contributed by atoms with Crippen LogP contribution in [-0.4, -0.2) is 76.2 Å². The number of aryl methyl sites for hydroxylation is 2. The van der Waals surface area contributed by atoms with Crippen LogP contribution < -0.4 is 9.47 Å². The molecular formula is C21H33N4O5S+. The number of aliphatic hydroxyl groups is 2. The minimum atomic E-state index is 0.0117. The number of rotatable bonds is 16. The Morgan fingerprint density at radius 3 is 2.16 bits per heavy atom. The molecule has 0 saturated heterocycles. The molecule has 0 saturated carbocycles. The first-order valence-electron chi connectivity index (χ1n) is 10.3. The molecule has 0 aliphatic heterocycles. The van der Waals surface area contributed by atoms with Gasteiger partial charge in [0.15, 0.2) is 0 Å². The van der Waals surface area contributed by atoms with Gasteiger partial charge in [-0.3, -0.25) is 0 Å². The second-order valence-electron chi connectivity index (χ2n) is 6.74. The lowest BCUT2D eigenvalue weighted by Crippen LogP contribution is -2.31. The number of benzene rings is 1. The van der Waals surface area contributed by atoms with E-state index in [0.29, 0.717) is 52.7 Å². The molecule has 0 spiro atoms. The number of azo groups is 1. The Hall–Kier alpha value is -1.95. The van der Waals surface area contributed by atoms with E-state index >= 15 is 0 Å². The normalized spacial score (nSPS) is 11.5. The molecule has 0 radical (unpaired) electrons. The van der Waals surface area contributed by atoms with E-state index in [9.17, 15) is 0 Å². The molecule has 0 atom stereocenters. The van der Waals surface area contributed by atoms with Crippen LogP contribution in [0, 0.1) is 6.92 Å². The Labute approximate surface area is 187 Å². The molecule has 1 aromatic heterocycles. The third-order valence-electron chi connectivity index (χ3n) is 4.40. The number of thiazole rings is 1. The first-order chi connectivity index (χ1) is 15.2. The van der Waals surface area contributed by atoms with Crippen molar-refractivity contribution in [3.63, 3.8) is 0 Å². The lowest BCUT2D eigenvalue weighted by molar-refractivity contribution is -0.654. The topological polar surface area (TPSA) is 100.0 Å². The van der Waals surface area contributed by atoms with Gasteiger partial charge < -0.3 is 29.3 Å². The summed E-state index contributed by atoms with van der Waals surface area (Å²) in [6.07, 6.45) is 1.95. The van der Waals surface area contributed by atoms with Crippen LogP contribution in [0.1, 0.15) is 5.56 Å². The number of aliphatic hydroxyl groups excluding tert-OH is 2. The monoisotopic (exact) mass is 453 g/mol. The zero-order valence-electron chi connectivity index (χ0n) is 18.3. The van der Waals surface area contributed by atoms with E-state index in [4.69, 9.17) is 24.4 Å². The molecule has 172 valence electrons. The molecule has 10 heteroatoms. The summed E-state index contributed by atoms with van der Waals surface area (Å²) in [6.45, 7) is 6.05. The quantitative estimate of drug-likeness (QED) is 0.229.